The maximum atomic E-state index is 13.9. The average molecular weight is 380 g/mol. The largest absolute Gasteiger partial charge is 0.372 e. The highest BCUT2D eigenvalue weighted by Crippen LogP contribution is 2.23. The molecule has 0 bridgehead atoms. The SMILES string of the molecule is CN(Cc1ccc(N2CCCCC2)cc1)S(=O)(=O)c1ccc(F)cc1F. The van der Waals surface area contributed by atoms with Crippen molar-refractivity contribution in [3.05, 3.63) is 59.7 Å². The molecule has 2 aromatic rings. The predicted molar refractivity (Wildman–Crippen MR) is 97.5 cm³/mol. The normalized spacial score (nSPS) is 15.5. The first-order chi connectivity index (χ1) is 12.4. The van der Waals surface area contributed by atoms with Gasteiger partial charge in [-0.05, 0) is 49.1 Å². The minimum absolute atomic E-state index is 0.111. The van der Waals surface area contributed by atoms with Crippen molar-refractivity contribution in [3.8, 4) is 0 Å². The van der Waals surface area contributed by atoms with Crippen molar-refractivity contribution < 1.29 is 17.2 Å². The van der Waals surface area contributed by atoms with Crippen molar-refractivity contribution in [2.75, 3.05) is 25.0 Å². The van der Waals surface area contributed by atoms with E-state index in [1.807, 2.05) is 24.3 Å². The molecule has 0 amide bonds. The van der Waals surface area contributed by atoms with E-state index in [4.69, 9.17) is 0 Å². The fraction of sp³-hybridized carbons (Fsp3) is 0.368. The molecule has 1 heterocycles. The smallest absolute Gasteiger partial charge is 0.246 e. The topological polar surface area (TPSA) is 40.6 Å². The van der Waals surface area contributed by atoms with Crippen LogP contribution in [0.5, 0.6) is 0 Å². The predicted octanol–water partition coefficient (Wildman–Crippen LogP) is 3.78. The third kappa shape index (κ3) is 4.04. The fourth-order valence-electron chi connectivity index (χ4n) is 3.16. The Morgan fingerprint density at radius 1 is 1.00 bits per heavy atom. The first kappa shape index (κ1) is 18.8. The Hall–Kier alpha value is -1.99. The summed E-state index contributed by atoms with van der Waals surface area (Å²) in [5.41, 5.74) is 1.93. The molecule has 140 valence electrons. The fourth-order valence-corrected chi connectivity index (χ4v) is 4.36. The molecular weight excluding hydrogens is 358 g/mol. The molecular formula is C19H22F2N2O2S. The zero-order valence-corrected chi connectivity index (χ0v) is 15.5. The van der Waals surface area contributed by atoms with E-state index in [1.165, 1.54) is 26.3 Å². The molecule has 0 aliphatic carbocycles. The van der Waals surface area contributed by atoms with E-state index in [9.17, 15) is 17.2 Å². The van der Waals surface area contributed by atoms with Crippen LogP contribution in [-0.2, 0) is 16.6 Å². The first-order valence-electron chi connectivity index (χ1n) is 8.63. The number of hydrogen-bond acceptors (Lipinski definition) is 3. The van der Waals surface area contributed by atoms with Crippen molar-refractivity contribution in [1.82, 2.24) is 4.31 Å². The molecule has 0 radical (unpaired) electrons. The van der Waals surface area contributed by atoms with E-state index in [0.717, 1.165) is 40.8 Å². The second-order valence-electron chi connectivity index (χ2n) is 6.55. The van der Waals surface area contributed by atoms with Gasteiger partial charge in [0.15, 0.2) is 0 Å². The van der Waals surface area contributed by atoms with E-state index in [0.29, 0.717) is 6.07 Å². The molecule has 0 saturated carbocycles. The Morgan fingerprint density at radius 3 is 2.27 bits per heavy atom. The minimum Gasteiger partial charge on any atom is -0.372 e. The molecule has 7 heteroatoms. The number of hydrogen-bond donors (Lipinski definition) is 0. The number of anilines is 1. The lowest BCUT2D eigenvalue weighted by Crippen LogP contribution is -2.29. The molecule has 1 saturated heterocycles. The monoisotopic (exact) mass is 380 g/mol. The maximum absolute atomic E-state index is 13.9. The van der Waals surface area contributed by atoms with E-state index >= 15 is 0 Å². The Labute approximate surface area is 153 Å². The lowest BCUT2D eigenvalue weighted by atomic mass is 10.1. The third-order valence-electron chi connectivity index (χ3n) is 4.64. The summed E-state index contributed by atoms with van der Waals surface area (Å²) in [7, 11) is -2.65. The first-order valence-corrected chi connectivity index (χ1v) is 10.1. The van der Waals surface area contributed by atoms with Gasteiger partial charge in [0.1, 0.15) is 16.5 Å². The maximum Gasteiger partial charge on any atom is 0.246 e. The number of rotatable bonds is 5. The standard InChI is InChI=1S/C19H22F2N2O2S/c1-22(26(24,25)19-10-7-16(20)13-18(19)21)14-15-5-8-17(9-6-15)23-11-3-2-4-12-23/h5-10,13H,2-4,11-12,14H2,1H3. The summed E-state index contributed by atoms with van der Waals surface area (Å²) < 4.78 is 53.0. The highest BCUT2D eigenvalue weighted by Gasteiger charge is 2.25. The van der Waals surface area contributed by atoms with Crippen LogP contribution in [0.3, 0.4) is 0 Å². The van der Waals surface area contributed by atoms with Crippen molar-refractivity contribution >= 4 is 15.7 Å². The second-order valence-corrected chi connectivity index (χ2v) is 8.56. The number of piperidine rings is 1. The van der Waals surface area contributed by atoms with Crippen LogP contribution in [0.2, 0.25) is 0 Å². The van der Waals surface area contributed by atoms with Gasteiger partial charge in [0, 0.05) is 38.4 Å². The molecule has 0 aromatic heterocycles. The Kier molecular flexibility index (Phi) is 5.58. The molecule has 1 fully saturated rings. The average Bonchev–Trinajstić information content (AvgIpc) is 2.62. The molecule has 1 aliphatic heterocycles. The number of sulfonamides is 1. The van der Waals surface area contributed by atoms with Crippen LogP contribution in [0.4, 0.5) is 14.5 Å². The van der Waals surface area contributed by atoms with E-state index in [1.54, 1.807) is 0 Å². The summed E-state index contributed by atoms with van der Waals surface area (Å²) in [6, 6.07) is 10.2. The molecule has 0 unspecified atom stereocenters. The van der Waals surface area contributed by atoms with Gasteiger partial charge in [-0.15, -0.1) is 0 Å². The third-order valence-corrected chi connectivity index (χ3v) is 6.48. The molecule has 2 aromatic carbocycles. The quantitative estimate of drug-likeness (QED) is 0.793. The summed E-state index contributed by atoms with van der Waals surface area (Å²) in [5.74, 6) is -1.89. The van der Waals surface area contributed by atoms with Gasteiger partial charge < -0.3 is 4.90 Å². The van der Waals surface area contributed by atoms with Crippen LogP contribution < -0.4 is 4.90 Å². The Balaban J connectivity index is 1.73. The molecule has 0 N–H and O–H groups in total. The lowest BCUT2D eigenvalue weighted by Gasteiger charge is -2.29. The molecule has 0 atom stereocenters. The van der Waals surface area contributed by atoms with Gasteiger partial charge in [0.2, 0.25) is 10.0 Å². The van der Waals surface area contributed by atoms with Gasteiger partial charge in [-0.2, -0.15) is 4.31 Å². The van der Waals surface area contributed by atoms with Crippen LogP contribution in [0.1, 0.15) is 24.8 Å². The minimum atomic E-state index is -4.03. The molecule has 4 nitrogen and oxygen atoms in total. The summed E-state index contributed by atoms with van der Waals surface area (Å²) in [6.45, 7) is 2.19. The zero-order valence-electron chi connectivity index (χ0n) is 14.7. The highest BCUT2D eigenvalue weighted by atomic mass is 32.2. The van der Waals surface area contributed by atoms with Gasteiger partial charge in [-0.3, -0.25) is 0 Å². The summed E-state index contributed by atoms with van der Waals surface area (Å²) in [6.07, 6.45) is 3.63. The van der Waals surface area contributed by atoms with Crippen molar-refractivity contribution in [1.29, 1.82) is 0 Å². The molecule has 26 heavy (non-hydrogen) atoms. The Bertz CT molecular complexity index is 864. The van der Waals surface area contributed by atoms with Gasteiger partial charge in [-0.1, -0.05) is 12.1 Å². The van der Waals surface area contributed by atoms with Crippen LogP contribution >= 0.6 is 0 Å². The highest BCUT2D eigenvalue weighted by molar-refractivity contribution is 7.89. The van der Waals surface area contributed by atoms with Crippen LogP contribution in [0.15, 0.2) is 47.4 Å². The summed E-state index contributed by atoms with van der Waals surface area (Å²) in [5, 5.41) is 0. The summed E-state index contributed by atoms with van der Waals surface area (Å²) in [4.78, 5) is 1.80. The van der Waals surface area contributed by atoms with Crippen LogP contribution in [-0.4, -0.2) is 32.9 Å². The molecule has 0 spiro atoms. The van der Waals surface area contributed by atoms with Crippen molar-refractivity contribution in [2.24, 2.45) is 0 Å². The van der Waals surface area contributed by atoms with E-state index in [2.05, 4.69) is 4.90 Å². The lowest BCUT2D eigenvalue weighted by molar-refractivity contribution is 0.458. The number of nitrogens with zero attached hydrogens (tertiary/aromatic N) is 2. The Morgan fingerprint density at radius 2 is 1.65 bits per heavy atom. The van der Waals surface area contributed by atoms with Crippen molar-refractivity contribution in [2.45, 2.75) is 30.7 Å². The van der Waals surface area contributed by atoms with Gasteiger partial charge in [0.05, 0.1) is 0 Å². The second kappa shape index (κ2) is 7.72. The van der Waals surface area contributed by atoms with Crippen LogP contribution in [0.25, 0.3) is 0 Å². The van der Waals surface area contributed by atoms with Crippen LogP contribution in [0, 0.1) is 11.6 Å². The van der Waals surface area contributed by atoms with Gasteiger partial charge in [-0.25, -0.2) is 17.2 Å². The number of benzene rings is 2. The number of halogens is 2. The van der Waals surface area contributed by atoms with E-state index in [-0.39, 0.29) is 6.54 Å². The zero-order chi connectivity index (χ0) is 18.7. The van der Waals surface area contributed by atoms with Crippen molar-refractivity contribution in [3.63, 3.8) is 0 Å². The summed E-state index contributed by atoms with van der Waals surface area (Å²) >= 11 is 0. The van der Waals surface area contributed by atoms with Gasteiger partial charge in [0.25, 0.3) is 0 Å². The van der Waals surface area contributed by atoms with E-state index < -0.39 is 26.6 Å². The van der Waals surface area contributed by atoms with Gasteiger partial charge >= 0.3 is 0 Å². The molecule has 3 rings (SSSR count). The molecule has 1 aliphatic rings.